The predicted molar refractivity (Wildman–Crippen MR) is 115 cm³/mol. The lowest BCUT2D eigenvalue weighted by Crippen LogP contribution is -2.05. The van der Waals surface area contributed by atoms with Gasteiger partial charge < -0.3 is 9.47 Å². The van der Waals surface area contributed by atoms with E-state index in [4.69, 9.17) is 9.47 Å². The van der Waals surface area contributed by atoms with E-state index in [0.717, 1.165) is 11.3 Å². The van der Waals surface area contributed by atoms with E-state index >= 15 is 0 Å². The summed E-state index contributed by atoms with van der Waals surface area (Å²) in [5.74, 6) is 2.14. The molecule has 3 heteroatoms. The Morgan fingerprint density at radius 3 is 1.86 bits per heavy atom. The van der Waals surface area contributed by atoms with Crippen molar-refractivity contribution in [1.29, 1.82) is 0 Å². The molecule has 3 nitrogen and oxygen atoms in total. The molecular formula is C25H28O3. The first-order valence-corrected chi connectivity index (χ1v) is 9.67. The molecule has 0 aliphatic carbocycles. The molecule has 3 aromatic rings. The Hall–Kier alpha value is -3.07. The van der Waals surface area contributed by atoms with Gasteiger partial charge in [-0.15, -0.1) is 0 Å². The molecule has 0 saturated heterocycles. The van der Waals surface area contributed by atoms with Gasteiger partial charge in [0.25, 0.3) is 0 Å². The first kappa shape index (κ1) is 21.2. The summed E-state index contributed by atoms with van der Waals surface area (Å²) >= 11 is 0. The fourth-order valence-corrected chi connectivity index (χ4v) is 2.57. The maximum Gasteiger partial charge on any atom is 0.193 e. The van der Waals surface area contributed by atoms with E-state index in [1.54, 1.807) is 24.3 Å². The molecular weight excluding hydrogens is 348 g/mol. The highest BCUT2D eigenvalue weighted by Crippen LogP contribution is 2.26. The second kappa shape index (κ2) is 10.3. The Balaban J connectivity index is 0.00000136. The van der Waals surface area contributed by atoms with E-state index in [1.807, 2.05) is 83.1 Å². The third-order valence-corrected chi connectivity index (χ3v) is 3.84. The van der Waals surface area contributed by atoms with Crippen LogP contribution in [0.3, 0.4) is 0 Å². The number of aryl methyl sites for hydroxylation is 1. The lowest BCUT2D eigenvalue weighted by molar-refractivity contribution is 0.103. The predicted octanol–water partition coefficient (Wildman–Crippen LogP) is 6.83. The van der Waals surface area contributed by atoms with Gasteiger partial charge in [-0.3, -0.25) is 4.79 Å². The van der Waals surface area contributed by atoms with Gasteiger partial charge in [-0.1, -0.05) is 49.7 Å². The van der Waals surface area contributed by atoms with Crippen LogP contribution in [0.1, 0.15) is 49.2 Å². The molecule has 0 saturated carbocycles. The van der Waals surface area contributed by atoms with Gasteiger partial charge in [-0.05, 0) is 57.2 Å². The van der Waals surface area contributed by atoms with Gasteiger partial charge in [-0.25, -0.2) is 0 Å². The van der Waals surface area contributed by atoms with Crippen LogP contribution in [-0.2, 0) is 0 Å². The molecule has 0 amide bonds. The van der Waals surface area contributed by atoms with Crippen molar-refractivity contribution in [2.45, 2.75) is 40.7 Å². The molecule has 0 radical (unpaired) electrons. The molecule has 0 heterocycles. The Morgan fingerprint density at radius 1 is 0.750 bits per heavy atom. The number of ether oxygens (including phenoxy) is 2. The maximum atomic E-state index is 12.5. The first-order chi connectivity index (χ1) is 13.5. The SMILES string of the molecule is CC.Cc1ccc(C(=O)c2ccc(Oc3cccc(OC(C)C)c3)cc2)cc1. The number of hydrogen-bond donors (Lipinski definition) is 0. The van der Waals surface area contributed by atoms with E-state index in [-0.39, 0.29) is 11.9 Å². The number of carbonyl (C=O) groups excluding carboxylic acids is 1. The first-order valence-electron chi connectivity index (χ1n) is 9.67. The van der Waals surface area contributed by atoms with Gasteiger partial charge in [0.15, 0.2) is 5.78 Å². The van der Waals surface area contributed by atoms with Crippen LogP contribution in [0, 0.1) is 6.92 Å². The summed E-state index contributed by atoms with van der Waals surface area (Å²) in [4.78, 5) is 12.5. The van der Waals surface area contributed by atoms with E-state index in [0.29, 0.717) is 22.6 Å². The largest absolute Gasteiger partial charge is 0.491 e. The van der Waals surface area contributed by atoms with Crippen LogP contribution in [-0.4, -0.2) is 11.9 Å². The molecule has 0 spiro atoms. The summed E-state index contributed by atoms with van der Waals surface area (Å²) in [6, 6.07) is 22.3. The molecule has 0 bridgehead atoms. The van der Waals surface area contributed by atoms with Crippen molar-refractivity contribution in [2.24, 2.45) is 0 Å². The van der Waals surface area contributed by atoms with Gasteiger partial charge in [-0.2, -0.15) is 0 Å². The Labute approximate surface area is 167 Å². The van der Waals surface area contributed by atoms with Crippen molar-refractivity contribution in [3.05, 3.63) is 89.5 Å². The minimum atomic E-state index is 0.00359. The number of carbonyl (C=O) groups is 1. The highest BCUT2D eigenvalue weighted by Gasteiger charge is 2.09. The molecule has 3 rings (SSSR count). The van der Waals surface area contributed by atoms with Crippen molar-refractivity contribution >= 4 is 5.78 Å². The average Bonchev–Trinajstić information content (AvgIpc) is 2.70. The summed E-state index contributed by atoms with van der Waals surface area (Å²) in [7, 11) is 0. The van der Waals surface area contributed by atoms with Crippen molar-refractivity contribution in [2.75, 3.05) is 0 Å². The molecule has 0 atom stereocenters. The van der Waals surface area contributed by atoms with Crippen LogP contribution in [0.25, 0.3) is 0 Å². The van der Waals surface area contributed by atoms with E-state index in [9.17, 15) is 4.79 Å². The fraction of sp³-hybridized carbons (Fsp3) is 0.240. The molecule has 28 heavy (non-hydrogen) atoms. The molecule has 0 unspecified atom stereocenters. The second-order valence-corrected chi connectivity index (χ2v) is 6.46. The van der Waals surface area contributed by atoms with Gasteiger partial charge in [0.05, 0.1) is 6.10 Å². The fourth-order valence-electron chi connectivity index (χ4n) is 2.57. The van der Waals surface area contributed by atoms with E-state index in [2.05, 4.69) is 0 Å². The molecule has 0 aliphatic heterocycles. The van der Waals surface area contributed by atoms with Crippen LogP contribution >= 0.6 is 0 Å². The number of ketones is 1. The van der Waals surface area contributed by atoms with E-state index in [1.165, 1.54) is 0 Å². The van der Waals surface area contributed by atoms with Crippen LogP contribution < -0.4 is 9.47 Å². The van der Waals surface area contributed by atoms with E-state index < -0.39 is 0 Å². The van der Waals surface area contributed by atoms with Crippen molar-refractivity contribution < 1.29 is 14.3 Å². The highest BCUT2D eigenvalue weighted by atomic mass is 16.5. The molecule has 0 aliphatic rings. The zero-order chi connectivity index (χ0) is 20.5. The second-order valence-electron chi connectivity index (χ2n) is 6.46. The molecule has 0 aromatic heterocycles. The molecule has 146 valence electrons. The quantitative estimate of drug-likeness (QED) is 0.442. The van der Waals surface area contributed by atoms with Crippen LogP contribution in [0.5, 0.6) is 17.2 Å². The zero-order valence-corrected chi connectivity index (χ0v) is 17.2. The molecule has 0 fully saturated rings. The topological polar surface area (TPSA) is 35.5 Å². The Kier molecular flexibility index (Phi) is 7.82. The summed E-state index contributed by atoms with van der Waals surface area (Å²) < 4.78 is 11.5. The molecule has 0 N–H and O–H groups in total. The Bertz CT molecular complexity index is 878. The lowest BCUT2D eigenvalue weighted by Gasteiger charge is -2.11. The maximum absolute atomic E-state index is 12.5. The van der Waals surface area contributed by atoms with Crippen LogP contribution in [0.15, 0.2) is 72.8 Å². The minimum Gasteiger partial charge on any atom is -0.491 e. The third kappa shape index (κ3) is 5.98. The zero-order valence-electron chi connectivity index (χ0n) is 17.2. The van der Waals surface area contributed by atoms with Gasteiger partial charge in [0, 0.05) is 17.2 Å². The monoisotopic (exact) mass is 376 g/mol. The lowest BCUT2D eigenvalue weighted by atomic mass is 10.0. The van der Waals surface area contributed by atoms with Crippen molar-refractivity contribution in [3.8, 4) is 17.2 Å². The average molecular weight is 376 g/mol. The van der Waals surface area contributed by atoms with Crippen molar-refractivity contribution in [3.63, 3.8) is 0 Å². The smallest absolute Gasteiger partial charge is 0.193 e. The number of rotatable bonds is 6. The number of hydrogen-bond acceptors (Lipinski definition) is 3. The number of benzene rings is 3. The van der Waals surface area contributed by atoms with Gasteiger partial charge in [0.2, 0.25) is 0 Å². The van der Waals surface area contributed by atoms with Gasteiger partial charge >= 0.3 is 0 Å². The summed E-state index contributed by atoms with van der Waals surface area (Å²) in [6.07, 6.45) is 0.109. The summed E-state index contributed by atoms with van der Waals surface area (Å²) in [5, 5.41) is 0. The summed E-state index contributed by atoms with van der Waals surface area (Å²) in [5.41, 5.74) is 2.45. The standard InChI is InChI=1S/C23H22O3.C2H6/c1-16(2)25-21-5-4-6-22(15-21)26-20-13-11-19(12-14-20)23(24)18-9-7-17(3)8-10-18;1-2/h4-16H,1-3H3;1-2H3. The van der Waals surface area contributed by atoms with Crippen LogP contribution in [0.2, 0.25) is 0 Å². The summed E-state index contributed by atoms with van der Waals surface area (Å²) in [6.45, 7) is 9.97. The minimum absolute atomic E-state index is 0.00359. The van der Waals surface area contributed by atoms with Crippen LogP contribution in [0.4, 0.5) is 0 Å². The van der Waals surface area contributed by atoms with Gasteiger partial charge in [0.1, 0.15) is 17.2 Å². The molecule has 3 aromatic carbocycles. The third-order valence-electron chi connectivity index (χ3n) is 3.84. The normalized spacial score (nSPS) is 10.1. The highest BCUT2D eigenvalue weighted by molar-refractivity contribution is 6.09. The van der Waals surface area contributed by atoms with Crippen molar-refractivity contribution in [1.82, 2.24) is 0 Å². The Morgan fingerprint density at radius 2 is 1.29 bits per heavy atom.